The van der Waals surface area contributed by atoms with E-state index in [0.717, 1.165) is 30.8 Å². The smallest absolute Gasteiger partial charge is 0.123 e. The summed E-state index contributed by atoms with van der Waals surface area (Å²) >= 11 is 0. The highest BCUT2D eigenvalue weighted by molar-refractivity contribution is 5.29. The van der Waals surface area contributed by atoms with Gasteiger partial charge in [-0.2, -0.15) is 0 Å². The van der Waals surface area contributed by atoms with E-state index in [-0.39, 0.29) is 11.9 Å². The first kappa shape index (κ1) is 13.5. The fourth-order valence-electron chi connectivity index (χ4n) is 2.56. The van der Waals surface area contributed by atoms with Gasteiger partial charge in [0.2, 0.25) is 0 Å². The van der Waals surface area contributed by atoms with Gasteiger partial charge in [0.25, 0.3) is 0 Å². The van der Waals surface area contributed by atoms with Gasteiger partial charge in [-0.1, -0.05) is 6.07 Å². The van der Waals surface area contributed by atoms with E-state index in [1.54, 1.807) is 6.07 Å². The largest absolute Gasteiger partial charge is 0.387 e. The Morgan fingerprint density at radius 3 is 2.72 bits per heavy atom. The zero-order valence-corrected chi connectivity index (χ0v) is 11.2. The van der Waals surface area contributed by atoms with Crippen LogP contribution in [-0.4, -0.2) is 54.7 Å². The van der Waals surface area contributed by atoms with Gasteiger partial charge in [-0.15, -0.1) is 0 Å². The van der Waals surface area contributed by atoms with E-state index in [4.69, 9.17) is 0 Å². The van der Waals surface area contributed by atoms with Crippen LogP contribution in [0.2, 0.25) is 0 Å². The summed E-state index contributed by atoms with van der Waals surface area (Å²) in [5.41, 5.74) is 1.63. The molecule has 0 bridgehead atoms. The molecule has 4 heteroatoms. The van der Waals surface area contributed by atoms with Crippen LogP contribution in [-0.2, 0) is 0 Å². The maximum absolute atomic E-state index is 13.1. The minimum atomic E-state index is -0.571. The summed E-state index contributed by atoms with van der Waals surface area (Å²) < 4.78 is 13.1. The molecule has 0 aromatic heterocycles. The van der Waals surface area contributed by atoms with E-state index in [1.807, 2.05) is 14.0 Å². The van der Waals surface area contributed by atoms with E-state index in [0.29, 0.717) is 0 Å². The summed E-state index contributed by atoms with van der Waals surface area (Å²) in [7, 11) is 4.09. The lowest BCUT2D eigenvalue weighted by molar-refractivity contribution is 0.0135. The van der Waals surface area contributed by atoms with Gasteiger partial charge in [0.15, 0.2) is 0 Å². The van der Waals surface area contributed by atoms with Crippen molar-refractivity contribution in [3.63, 3.8) is 0 Å². The molecule has 0 radical (unpaired) electrons. The molecule has 2 rings (SSSR count). The van der Waals surface area contributed by atoms with Gasteiger partial charge in [0, 0.05) is 19.6 Å². The van der Waals surface area contributed by atoms with Crippen molar-refractivity contribution in [2.75, 3.05) is 33.7 Å². The van der Waals surface area contributed by atoms with E-state index in [2.05, 4.69) is 16.8 Å². The number of aliphatic hydroxyl groups excluding tert-OH is 1. The lowest BCUT2D eigenvalue weighted by Gasteiger charge is -2.40. The minimum Gasteiger partial charge on any atom is -0.387 e. The number of piperazine rings is 1. The summed E-state index contributed by atoms with van der Waals surface area (Å²) in [4.78, 5) is 4.39. The molecule has 2 atom stereocenters. The number of rotatable bonds is 2. The molecule has 0 spiro atoms. The van der Waals surface area contributed by atoms with Crippen molar-refractivity contribution in [2.24, 2.45) is 0 Å². The predicted molar refractivity (Wildman–Crippen MR) is 70.0 cm³/mol. The number of likely N-dealkylation sites (N-methyl/N-ethyl adjacent to an activating group) is 2. The summed E-state index contributed by atoms with van der Waals surface area (Å²) in [5, 5.41) is 10.5. The van der Waals surface area contributed by atoms with Crippen LogP contribution in [0.3, 0.4) is 0 Å². The highest BCUT2D eigenvalue weighted by atomic mass is 19.1. The molecule has 0 amide bonds. The number of hydrogen-bond acceptors (Lipinski definition) is 3. The molecular weight excluding hydrogens is 231 g/mol. The minimum absolute atomic E-state index is 0.0629. The molecule has 3 nitrogen and oxygen atoms in total. The van der Waals surface area contributed by atoms with Crippen molar-refractivity contribution in [2.45, 2.75) is 19.1 Å². The Kier molecular flexibility index (Phi) is 4.00. The Balaban J connectivity index is 2.21. The molecule has 1 heterocycles. The van der Waals surface area contributed by atoms with Gasteiger partial charge < -0.3 is 10.0 Å². The molecule has 18 heavy (non-hydrogen) atoms. The maximum atomic E-state index is 13.1. The van der Waals surface area contributed by atoms with Crippen LogP contribution in [0, 0.1) is 12.7 Å². The van der Waals surface area contributed by atoms with Crippen molar-refractivity contribution in [3.8, 4) is 0 Å². The predicted octanol–water partition coefficient (Wildman–Crippen LogP) is 1.41. The second-order valence-corrected chi connectivity index (χ2v) is 5.26. The SMILES string of the molecule is Cc1cc(F)ccc1C(O)C1CN(C)CCN1C. The van der Waals surface area contributed by atoms with Gasteiger partial charge >= 0.3 is 0 Å². The van der Waals surface area contributed by atoms with Gasteiger partial charge in [-0.3, -0.25) is 4.90 Å². The molecule has 1 N–H and O–H groups in total. The molecule has 2 unspecified atom stereocenters. The topological polar surface area (TPSA) is 26.7 Å². The molecule has 1 aromatic carbocycles. The quantitative estimate of drug-likeness (QED) is 0.862. The molecule has 1 fully saturated rings. The second kappa shape index (κ2) is 5.34. The van der Waals surface area contributed by atoms with Crippen LogP contribution in [0.15, 0.2) is 18.2 Å². The Labute approximate surface area is 108 Å². The second-order valence-electron chi connectivity index (χ2n) is 5.26. The number of nitrogens with zero attached hydrogens (tertiary/aromatic N) is 2. The fourth-order valence-corrected chi connectivity index (χ4v) is 2.56. The third-order valence-corrected chi connectivity index (χ3v) is 3.81. The Morgan fingerprint density at radius 1 is 1.33 bits per heavy atom. The third kappa shape index (κ3) is 2.71. The van der Waals surface area contributed by atoms with Gasteiger partial charge in [-0.05, 0) is 44.3 Å². The molecule has 0 aliphatic carbocycles. The Morgan fingerprint density at radius 2 is 2.06 bits per heavy atom. The number of hydrogen-bond donors (Lipinski definition) is 1. The van der Waals surface area contributed by atoms with Crippen molar-refractivity contribution >= 4 is 0 Å². The van der Waals surface area contributed by atoms with Crippen LogP contribution >= 0.6 is 0 Å². The average Bonchev–Trinajstić information content (AvgIpc) is 2.31. The Bertz CT molecular complexity index is 424. The van der Waals surface area contributed by atoms with Crippen LogP contribution in [0.1, 0.15) is 17.2 Å². The van der Waals surface area contributed by atoms with Crippen LogP contribution in [0.4, 0.5) is 4.39 Å². The van der Waals surface area contributed by atoms with E-state index < -0.39 is 6.10 Å². The van der Waals surface area contributed by atoms with Crippen LogP contribution < -0.4 is 0 Å². The first-order valence-electron chi connectivity index (χ1n) is 6.32. The average molecular weight is 252 g/mol. The molecule has 1 aromatic rings. The van der Waals surface area contributed by atoms with Crippen molar-refractivity contribution in [3.05, 3.63) is 35.1 Å². The number of benzene rings is 1. The van der Waals surface area contributed by atoms with E-state index in [1.165, 1.54) is 12.1 Å². The highest BCUT2D eigenvalue weighted by Gasteiger charge is 2.30. The number of aryl methyl sites for hydroxylation is 1. The molecule has 1 aliphatic heterocycles. The molecule has 1 aliphatic rings. The number of aliphatic hydroxyl groups is 1. The lowest BCUT2D eigenvalue weighted by Crippen LogP contribution is -2.52. The van der Waals surface area contributed by atoms with Crippen molar-refractivity contribution in [1.82, 2.24) is 9.80 Å². The molecule has 1 saturated heterocycles. The number of halogens is 1. The van der Waals surface area contributed by atoms with Gasteiger partial charge in [0.1, 0.15) is 5.82 Å². The summed E-state index contributed by atoms with van der Waals surface area (Å²) in [6.45, 7) is 4.63. The van der Waals surface area contributed by atoms with Crippen LogP contribution in [0.25, 0.3) is 0 Å². The summed E-state index contributed by atoms with van der Waals surface area (Å²) in [5.74, 6) is -0.252. The van der Waals surface area contributed by atoms with Crippen LogP contribution in [0.5, 0.6) is 0 Å². The Hall–Kier alpha value is -0.970. The first-order valence-corrected chi connectivity index (χ1v) is 6.32. The first-order chi connectivity index (χ1) is 8.49. The molecule has 100 valence electrons. The highest BCUT2D eigenvalue weighted by Crippen LogP contribution is 2.26. The molecule has 0 saturated carbocycles. The van der Waals surface area contributed by atoms with Crippen molar-refractivity contribution < 1.29 is 9.50 Å². The van der Waals surface area contributed by atoms with Gasteiger partial charge in [-0.25, -0.2) is 4.39 Å². The molecular formula is C14H21FN2O. The van der Waals surface area contributed by atoms with Gasteiger partial charge in [0.05, 0.1) is 12.1 Å². The zero-order chi connectivity index (χ0) is 13.3. The normalized spacial score (nSPS) is 24.2. The van der Waals surface area contributed by atoms with E-state index in [9.17, 15) is 9.50 Å². The maximum Gasteiger partial charge on any atom is 0.123 e. The monoisotopic (exact) mass is 252 g/mol. The summed E-state index contributed by atoms with van der Waals surface area (Å²) in [6, 6.07) is 4.65. The van der Waals surface area contributed by atoms with E-state index >= 15 is 0 Å². The fraction of sp³-hybridized carbons (Fsp3) is 0.571. The van der Waals surface area contributed by atoms with Crippen molar-refractivity contribution in [1.29, 1.82) is 0 Å². The lowest BCUT2D eigenvalue weighted by atomic mass is 9.95. The third-order valence-electron chi connectivity index (χ3n) is 3.81. The zero-order valence-electron chi connectivity index (χ0n) is 11.2. The standard InChI is InChI=1S/C14H21FN2O/c1-10-8-11(15)4-5-12(10)14(18)13-9-16(2)6-7-17(13)3/h4-5,8,13-14,18H,6-7,9H2,1-3H3. The summed E-state index contributed by atoms with van der Waals surface area (Å²) in [6.07, 6.45) is -0.571.